The largest absolute Gasteiger partial charge is 0.496 e. The van der Waals surface area contributed by atoms with Crippen molar-refractivity contribution in [2.75, 3.05) is 7.11 Å². The molecule has 6 rings (SSSR count). The molecule has 0 N–H and O–H groups in total. The maximum Gasteiger partial charge on any atom is 0.271 e. The van der Waals surface area contributed by atoms with E-state index in [0.29, 0.717) is 4.53 Å². The minimum Gasteiger partial charge on any atom is -0.496 e. The highest BCUT2D eigenvalue weighted by Gasteiger charge is 2.32. The van der Waals surface area contributed by atoms with Gasteiger partial charge >= 0.3 is 0 Å². The van der Waals surface area contributed by atoms with Gasteiger partial charge < -0.3 is 4.74 Å². The molecule has 1 aliphatic heterocycles. The number of fused-ring (bicyclic) bond motifs is 3. The number of methoxy groups -OCH3 is 1. The van der Waals surface area contributed by atoms with Crippen molar-refractivity contribution in [1.29, 1.82) is 0 Å². The van der Waals surface area contributed by atoms with Crippen LogP contribution in [0.1, 0.15) is 34.7 Å². The number of hydrogen-bond acceptors (Lipinski definition) is 4. The maximum absolute atomic E-state index is 13.8. The van der Waals surface area contributed by atoms with Gasteiger partial charge in [-0.3, -0.25) is 9.36 Å². The molecule has 4 aromatic rings. The van der Waals surface area contributed by atoms with Crippen molar-refractivity contribution in [2.45, 2.75) is 18.9 Å². The van der Waals surface area contributed by atoms with Crippen molar-refractivity contribution >= 4 is 39.0 Å². The smallest absolute Gasteiger partial charge is 0.271 e. The number of thiazole rings is 1. The second kappa shape index (κ2) is 8.53. The monoisotopic (exact) mass is 528 g/mol. The summed E-state index contributed by atoms with van der Waals surface area (Å²) in [6, 6.07) is 24.3. The van der Waals surface area contributed by atoms with E-state index in [-0.39, 0.29) is 11.6 Å². The third-order valence-corrected chi connectivity index (χ3v) is 8.00. The van der Waals surface area contributed by atoms with Crippen LogP contribution in [0, 0.1) is 0 Å². The topological polar surface area (TPSA) is 43.6 Å². The van der Waals surface area contributed by atoms with Crippen molar-refractivity contribution in [3.05, 3.63) is 125 Å². The van der Waals surface area contributed by atoms with Gasteiger partial charge in [0.1, 0.15) is 5.75 Å². The zero-order valence-corrected chi connectivity index (χ0v) is 20.9. The highest BCUT2D eigenvalue weighted by Crippen LogP contribution is 2.41. The Morgan fingerprint density at radius 2 is 1.79 bits per heavy atom. The van der Waals surface area contributed by atoms with Gasteiger partial charge in [0.05, 0.1) is 23.4 Å². The number of para-hydroxylation sites is 1. The molecule has 1 unspecified atom stereocenters. The second-order valence-corrected chi connectivity index (χ2v) is 10.3. The molecule has 168 valence electrons. The van der Waals surface area contributed by atoms with E-state index < -0.39 is 0 Å². The van der Waals surface area contributed by atoms with Crippen LogP contribution in [-0.2, 0) is 6.42 Å². The van der Waals surface area contributed by atoms with E-state index >= 15 is 0 Å². The summed E-state index contributed by atoms with van der Waals surface area (Å²) in [5.41, 5.74) is 6.66. The Morgan fingerprint density at radius 1 is 1.03 bits per heavy atom. The predicted octanol–water partition coefficient (Wildman–Crippen LogP) is 5.09. The van der Waals surface area contributed by atoms with Crippen LogP contribution in [0.15, 0.2) is 92.6 Å². The summed E-state index contributed by atoms with van der Waals surface area (Å²) in [6.45, 7) is 0. The molecule has 0 amide bonds. The first-order chi connectivity index (χ1) is 16.6. The molecule has 34 heavy (non-hydrogen) atoms. The maximum atomic E-state index is 13.8. The lowest BCUT2D eigenvalue weighted by atomic mass is 9.83. The Bertz CT molecular complexity index is 1630. The number of hydrogen-bond donors (Lipinski definition) is 0. The Labute approximate surface area is 209 Å². The van der Waals surface area contributed by atoms with Crippen LogP contribution in [0.25, 0.3) is 11.8 Å². The lowest BCUT2D eigenvalue weighted by molar-refractivity contribution is 0.414. The molecule has 1 atom stereocenters. The summed E-state index contributed by atoms with van der Waals surface area (Å²) in [5, 5.41) is 0. The molecule has 3 aromatic carbocycles. The predicted molar refractivity (Wildman–Crippen MR) is 140 cm³/mol. The lowest BCUT2D eigenvalue weighted by Gasteiger charge is -2.30. The fourth-order valence-electron chi connectivity index (χ4n) is 4.89. The third kappa shape index (κ3) is 3.49. The first kappa shape index (κ1) is 21.3. The van der Waals surface area contributed by atoms with E-state index in [2.05, 4.69) is 52.3 Å². The van der Waals surface area contributed by atoms with E-state index in [9.17, 15) is 4.79 Å². The van der Waals surface area contributed by atoms with Crippen molar-refractivity contribution in [3.8, 4) is 5.75 Å². The zero-order chi connectivity index (χ0) is 23.2. The number of benzene rings is 3. The molecule has 1 aliphatic carbocycles. The van der Waals surface area contributed by atoms with Crippen molar-refractivity contribution in [3.63, 3.8) is 0 Å². The lowest BCUT2D eigenvalue weighted by Crippen LogP contribution is -2.38. The Hall–Kier alpha value is -3.22. The number of allylic oxidation sites excluding steroid dienone is 1. The van der Waals surface area contributed by atoms with Gasteiger partial charge in [0.25, 0.3) is 5.56 Å². The summed E-state index contributed by atoms with van der Waals surface area (Å²) >= 11 is 4.98. The Kier molecular flexibility index (Phi) is 5.35. The average Bonchev–Trinajstić information content (AvgIpc) is 3.18. The summed E-state index contributed by atoms with van der Waals surface area (Å²) < 4.78 is 9.05. The summed E-state index contributed by atoms with van der Waals surface area (Å²) in [6.07, 6.45) is 3.74. The van der Waals surface area contributed by atoms with E-state index in [1.165, 1.54) is 28.0 Å². The third-order valence-electron chi connectivity index (χ3n) is 6.48. The van der Waals surface area contributed by atoms with E-state index in [1.807, 2.05) is 47.0 Å². The van der Waals surface area contributed by atoms with Gasteiger partial charge in [-0.25, -0.2) is 4.99 Å². The molecule has 4 nitrogen and oxygen atoms in total. The van der Waals surface area contributed by atoms with Crippen LogP contribution in [0.3, 0.4) is 0 Å². The van der Waals surface area contributed by atoms with Crippen LogP contribution in [0.5, 0.6) is 5.75 Å². The van der Waals surface area contributed by atoms with E-state index in [0.717, 1.165) is 44.7 Å². The van der Waals surface area contributed by atoms with Gasteiger partial charge in [-0.05, 0) is 53.8 Å². The van der Waals surface area contributed by atoms with Gasteiger partial charge in [0.15, 0.2) is 4.80 Å². The molecule has 0 saturated heterocycles. The van der Waals surface area contributed by atoms with Gasteiger partial charge in [0, 0.05) is 15.6 Å². The molecule has 2 aliphatic rings. The Balaban J connectivity index is 1.63. The quantitative estimate of drug-likeness (QED) is 0.371. The van der Waals surface area contributed by atoms with Crippen LogP contribution < -0.4 is 19.6 Å². The molecule has 2 heterocycles. The SMILES string of the molecule is COc1ccccc1C=c1sc2n(c1=O)C(c1ccc(Br)cc1)C1=C(N=2)c2ccccc2CC1. The first-order valence-electron chi connectivity index (χ1n) is 11.2. The minimum atomic E-state index is -0.174. The molecule has 0 saturated carbocycles. The molecule has 6 heteroatoms. The number of ether oxygens (including phenoxy) is 1. The molecule has 0 bridgehead atoms. The fraction of sp³-hybridized carbons (Fsp3) is 0.143. The van der Waals surface area contributed by atoms with Crippen LogP contribution in [0.2, 0.25) is 0 Å². The average molecular weight is 529 g/mol. The highest BCUT2D eigenvalue weighted by molar-refractivity contribution is 9.10. The standard InChI is InChI=1S/C28H21BrN2O2S/c1-33-23-9-5-3-7-19(23)16-24-27(32)31-26(18-10-13-20(29)14-11-18)22-15-12-17-6-2-4-8-21(17)25(22)30-28(31)34-24/h2-11,13-14,16,26H,12,15H2,1H3. The molecular formula is C28H21BrN2O2S. The van der Waals surface area contributed by atoms with Crippen molar-refractivity contribution in [2.24, 2.45) is 4.99 Å². The van der Waals surface area contributed by atoms with Crippen molar-refractivity contribution < 1.29 is 4.74 Å². The van der Waals surface area contributed by atoms with E-state index in [1.54, 1.807) is 7.11 Å². The minimum absolute atomic E-state index is 0.0204. The van der Waals surface area contributed by atoms with Gasteiger partial charge in [-0.2, -0.15) is 0 Å². The number of rotatable bonds is 3. The van der Waals surface area contributed by atoms with Crippen LogP contribution in [-0.4, -0.2) is 11.7 Å². The highest BCUT2D eigenvalue weighted by atomic mass is 79.9. The van der Waals surface area contributed by atoms with Gasteiger partial charge in [-0.15, -0.1) is 0 Å². The van der Waals surface area contributed by atoms with E-state index in [4.69, 9.17) is 9.73 Å². The number of halogens is 1. The molecule has 1 aromatic heterocycles. The normalized spacial score (nSPS) is 17.0. The molecule has 0 spiro atoms. The fourth-order valence-corrected chi connectivity index (χ4v) is 6.15. The number of aryl methyl sites for hydroxylation is 1. The first-order valence-corrected chi connectivity index (χ1v) is 12.8. The zero-order valence-electron chi connectivity index (χ0n) is 18.5. The van der Waals surface area contributed by atoms with Crippen LogP contribution >= 0.6 is 27.3 Å². The van der Waals surface area contributed by atoms with Gasteiger partial charge in [-0.1, -0.05) is 81.9 Å². The molecule has 0 radical (unpaired) electrons. The number of nitrogens with zero attached hydrogens (tertiary/aromatic N) is 2. The second-order valence-electron chi connectivity index (χ2n) is 8.41. The number of aromatic nitrogens is 1. The van der Waals surface area contributed by atoms with Crippen molar-refractivity contribution in [1.82, 2.24) is 4.57 Å². The van der Waals surface area contributed by atoms with Crippen LogP contribution in [0.4, 0.5) is 0 Å². The molecule has 0 fully saturated rings. The Morgan fingerprint density at radius 3 is 2.62 bits per heavy atom. The van der Waals surface area contributed by atoms with Gasteiger partial charge in [0.2, 0.25) is 0 Å². The summed E-state index contributed by atoms with van der Waals surface area (Å²) in [5.74, 6) is 0.742. The summed E-state index contributed by atoms with van der Waals surface area (Å²) in [4.78, 5) is 19.6. The summed E-state index contributed by atoms with van der Waals surface area (Å²) in [7, 11) is 1.65. The molecular weight excluding hydrogens is 508 g/mol.